The summed E-state index contributed by atoms with van der Waals surface area (Å²) in [5, 5.41) is 21.3. The summed E-state index contributed by atoms with van der Waals surface area (Å²) in [6, 6.07) is 2.12. The Morgan fingerprint density at radius 2 is 2.06 bits per heavy atom. The van der Waals surface area contributed by atoms with Gasteiger partial charge < -0.3 is 14.8 Å². The molecule has 0 saturated carbocycles. The maximum Gasteiger partial charge on any atom is 0.433 e. The molecule has 17 heavy (non-hydrogen) atoms. The Hall–Kier alpha value is -2.38. The third-order valence-corrected chi connectivity index (χ3v) is 1.96. The maximum atomic E-state index is 11.5. The van der Waals surface area contributed by atoms with E-state index in [0.29, 0.717) is 0 Å². The average molecular weight is 242 g/mol. The number of nitro groups is 1. The van der Waals surface area contributed by atoms with Gasteiger partial charge in [-0.1, -0.05) is 0 Å². The number of amides is 1. The number of rotatable bonds is 4. The van der Waals surface area contributed by atoms with Crippen molar-refractivity contribution in [3.63, 3.8) is 0 Å². The fourth-order valence-electron chi connectivity index (χ4n) is 0.947. The Morgan fingerprint density at radius 3 is 2.47 bits per heavy atom. The number of nitrogens with zero attached hydrogens (tertiary/aromatic N) is 1. The smallest absolute Gasteiger partial charge is 0.433 e. The van der Waals surface area contributed by atoms with E-state index in [4.69, 9.17) is 5.11 Å². The highest BCUT2D eigenvalue weighted by molar-refractivity contribution is 5.95. The van der Waals surface area contributed by atoms with Crippen molar-refractivity contribution in [2.75, 3.05) is 0 Å². The van der Waals surface area contributed by atoms with Gasteiger partial charge in [0.25, 0.3) is 5.91 Å². The standard InChI is InChI=1S/C9H10N2O6/c1-9(2,8(13)14)10-7(12)5-3-4-6(17-5)11(15)16/h3-4H,1-2H3,(H,10,12)(H,13,14). The molecule has 0 aliphatic rings. The number of nitrogens with one attached hydrogen (secondary N) is 1. The molecule has 1 rings (SSSR count). The Kier molecular flexibility index (Phi) is 3.16. The number of carbonyl (C=O) groups is 2. The molecule has 0 bridgehead atoms. The second-order valence-electron chi connectivity index (χ2n) is 3.78. The third-order valence-electron chi connectivity index (χ3n) is 1.96. The van der Waals surface area contributed by atoms with Gasteiger partial charge >= 0.3 is 11.9 Å². The van der Waals surface area contributed by atoms with Gasteiger partial charge in [0, 0.05) is 0 Å². The Bertz CT molecular complexity index is 476. The molecule has 0 aliphatic carbocycles. The number of hydrogen-bond acceptors (Lipinski definition) is 5. The molecule has 0 aromatic carbocycles. The van der Waals surface area contributed by atoms with Crippen molar-refractivity contribution in [2.45, 2.75) is 19.4 Å². The molecule has 1 aromatic heterocycles. The molecular formula is C9H10N2O6. The number of furan rings is 1. The molecular weight excluding hydrogens is 232 g/mol. The van der Waals surface area contributed by atoms with Gasteiger partial charge in [0.1, 0.15) is 10.5 Å². The van der Waals surface area contributed by atoms with Crippen molar-refractivity contribution in [2.24, 2.45) is 0 Å². The van der Waals surface area contributed by atoms with Crippen LogP contribution in [0.1, 0.15) is 24.4 Å². The van der Waals surface area contributed by atoms with E-state index in [1.54, 1.807) is 0 Å². The van der Waals surface area contributed by atoms with E-state index in [2.05, 4.69) is 9.73 Å². The van der Waals surface area contributed by atoms with E-state index in [0.717, 1.165) is 12.1 Å². The van der Waals surface area contributed by atoms with E-state index < -0.39 is 28.2 Å². The fourth-order valence-corrected chi connectivity index (χ4v) is 0.947. The number of hydrogen-bond donors (Lipinski definition) is 2. The zero-order chi connectivity index (χ0) is 13.2. The Labute approximate surface area is 95.4 Å². The van der Waals surface area contributed by atoms with Crippen LogP contribution in [0, 0.1) is 10.1 Å². The second-order valence-corrected chi connectivity index (χ2v) is 3.78. The van der Waals surface area contributed by atoms with E-state index in [1.807, 2.05) is 0 Å². The van der Waals surface area contributed by atoms with Crippen LogP contribution in [0.3, 0.4) is 0 Å². The van der Waals surface area contributed by atoms with E-state index in [9.17, 15) is 19.7 Å². The number of carboxylic acid groups (broad SMARTS) is 1. The number of aliphatic carboxylic acids is 1. The van der Waals surface area contributed by atoms with Gasteiger partial charge in [-0.2, -0.15) is 0 Å². The average Bonchev–Trinajstić information content (AvgIpc) is 2.65. The van der Waals surface area contributed by atoms with Crippen LogP contribution >= 0.6 is 0 Å². The Balaban J connectivity index is 2.83. The summed E-state index contributed by atoms with van der Waals surface area (Å²) >= 11 is 0. The van der Waals surface area contributed by atoms with Gasteiger partial charge in [-0.05, 0) is 19.9 Å². The molecule has 2 N–H and O–H groups in total. The summed E-state index contributed by atoms with van der Waals surface area (Å²) in [5.41, 5.74) is -1.49. The Morgan fingerprint density at radius 1 is 1.47 bits per heavy atom. The first-order valence-corrected chi connectivity index (χ1v) is 4.54. The SMILES string of the molecule is CC(C)(NC(=O)c1ccc([N+](=O)[O-])o1)C(=O)O. The van der Waals surface area contributed by atoms with Crippen LogP contribution in [-0.4, -0.2) is 27.4 Å². The quantitative estimate of drug-likeness (QED) is 0.594. The monoisotopic (exact) mass is 242 g/mol. The minimum Gasteiger partial charge on any atom is -0.480 e. The highest BCUT2D eigenvalue weighted by Crippen LogP contribution is 2.16. The summed E-state index contributed by atoms with van der Waals surface area (Å²) in [6.07, 6.45) is 0. The molecule has 1 heterocycles. The first kappa shape index (κ1) is 12.7. The summed E-state index contributed by atoms with van der Waals surface area (Å²) < 4.78 is 4.63. The maximum absolute atomic E-state index is 11.5. The molecule has 92 valence electrons. The lowest BCUT2D eigenvalue weighted by molar-refractivity contribution is -0.402. The van der Waals surface area contributed by atoms with Gasteiger partial charge in [0.15, 0.2) is 5.76 Å². The predicted molar refractivity (Wildman–Crippen MR) is 54.5 cm³/mol. The minimum absolute atomic E-state index is 0.314. The van der Waals surface area contributed by atoms with Crippen LogP contribution in [0.15, 0.2) is 16.5 Å². The second kappa shape index (κ2) is 4.24. The van der Waals surface area contributed by atoms with Gasteiger partial charge in [0.2, 0.25) is 0 Å². The van der Waals surface area contributed by atoms with Crippen molar-refractivity contribution in [1.29, 1.82) is 0 Å². The van der Waals surface area contributed by atoms with Crippen LogP contribution in [0.2, 0.25) is 0 Å². The lowest BCUT2D eigenvalue weighted by atomic mass is 10.1. The van der Waals surface area contributed by atoms with Gasteiger partial charge in [0.05, 0.1) is 6.07 Å². The predicted octanol–water partition coefficient (Wildman–Crippen LogP) is 0.781. The molecule has 0 fully saturated rings. The number of carboxylic acids is 1. The lowest BCUT2D eigenvalue weighted by Gasteiger charge is -2.19. The van der Waals surface area contributed by atoms with Crippen molar-refractivity contribution in [3.8, 4) is 0 Å². The molecule has 0 radical (unpaired) electrons. The molecule has 0 atom stereocenters. The van der Waals surface area contributed by atoms with Gasteiger partial charge in [-0.25, -0.2) is 4.79 Å². The van der Waals surface area contributed by atoms with Crippen LogP contribution < -0.4 is 5.32 Å². The normalized spacial score (nSPS) is 10.9. The van der Waals surface area contributed by atoms with Crippen molar-refractivity contribution in [1.82, 2.24) is 5.32 Å². The first-order chi connectivity index (χ1) is 7.74. The molecule has 0 spiro atoms. The van der Waals surface area contributed by atoms with Crippen molar-refractivity contribution >= 4 is 17.8 Å². The minimum atomic E-state index is -1.49. The molecule has 0 aliphatic heterocycles. The molecule has 1 aromatic rings. The summed E-state index contributed by atoms with van der Waals surface area (Å²) in [7, 11) is 0. The van der Waals surface area contributed by atoms with Gasteiger partial charge in [-0.3, -0.25) is 14.9 Å². The van der Waals surface area contributed by atoms with Crippen LogP contribution in [0.25, 0.3) is 0 Å². The first-order valence-electron chi connectivity index (χ1n) is 4.54. The summed E-state index contributed by atoms with van der Waals surface area (Å²) in [5.74, 6) is -2.95. The zero-order valence-corrected chi connectivity index (χ0v) is 9.09. The number of carbonyl (C=O) groups excluding carboxylic acids is 1. The van der Waals surface area contributed by atoms with Gasteiger partial charge in [-0.15, -0.1) is 0 Å². The zero-order valence-electron chi connectivity index (χ0n) is 9.09. The summed E-state index contributed by atoms with van der Waals surface area (Å²) in [4.78, 5) is 31.8. The fraction of sp³-hybridized carbons (Fsp3) is 0.333. The molecule has 1 amide bonds. The molecule has 0 unspecified atom stereocenters. The van der Waals surface area contributed by atoms with E-state index >= 15 is 0 Å². The topological polar surface area (TPSA) is 123 Å². The van der Waals surface area contributed by atoms with Crippen LogP contribution in [0.5, 0.6) is 0 Å². The van der Waals surface area contributed by atoms with E-state index in [-0.39, 0.29) is 5.76 Å². The highest BCUT2D eigenvalue weighted by atomic mass is 16.6. The van der Waals surface area contributed by atoms with E-state index in [1.165, 1.54) is 13.8 Å². The molecule has 0 saturated heterocycles. The lowest BCUT2D eigenvalue weighted by Crippen LogP contribution is -2.49. The van der Waals surface area contributed by atoms with Crippen LogP contribution in [0.4, 0.5) is 5.88 Å². The third kappa shape index (κ3) is 2.80. The molecule has 8 nitrogen and oxygen atoms in total. The largest absolute Gasteiger partial charge is 0.480 e. The van der Waals surface area contributed by atoms with Crippen molar-refractivity contribution < 1.29 is 24.0 Å². The molecule has 8 heteroatoms. The summed E-state index contributed by atoms with van der Waals surface area (Å²) in [6.45, 7) is 2.56. The van der Waals surface area contributed by atoms with Crippen LogP contribution in [-0.2, 0) is 4.79 Å². The van der Waals surface area contributed by atoms with Crippen molar-refractivity contribution in [3.05, 3.63) is 28.0 Å². The highest BCUT2D eigenvalue weighted by Gasteiger charge is 2.30.